The molecule has 5 heteroatoms. The summed E-state index contributed by atoms with van der Waals surface area (Å²) in [5.41, 5.74) is -0.569. The highest BCUT2D eigenvalue weighted by molar-refractivity contribution is 6.32. The van der Waals surface area contributed by atoms with Crippen molar-refractivity contribution in [3.8, 4) is 0 Å². The molecule has 0 aliphatic rings. The number of aliphatic hydroxyl groups is 1. The van der Waals surface area contributed by atoms with Crippen molar-refractivity contribution in [3.63, 3.8) is 0 Å². The fraction of sp³-hybridized carbons (Fsp3) is 0.500. The molecule has 1 rings (SSSR count). The number of hydrogen-bond donors (Lipinski definition) is 2. The Balaban J connectivity index is 2.59. The van der Waals surface area contributed by atoms with Gasteiger partial charge in [-0.15, -0.1) is 0 Å². The van der Waals surface area contributed by atoms with Crippen molar-refractivity contribution < 1.29 is 9.90 Å². The Hall–Kier alpha value is -1.13. The Kier molecular flexibility index (Phi) is 4.90. The number of aromatic nitrogens is 1. The molecule has 0 saturated carbocycles. The van der Waals surface area contributed by atoms with Crippen LogP contribution in [0.1, 0.15) is 37.0 Å². The standard InChI is InChI=1S/C12H17ClN2O2/c1-3-6-12(2,17)8-15-11(16)9-5-4-7-14-10(9)13/h4-5,7,17H,3,6,8H2,1-2H3,(H,15,16). The second kappa shape index (κ2) is 5.98. The lowest BCUT2D eigenvalue weighted by molar-refractivity contribution is 0.0469. The zero-order chi connectivity index (χ0) is 12.9. The Labute approximate surface area is 106 Å². The van der Waals surface area contributed by atoms with E-state index in [1.54, 1.807) is 19.1 Å². The zero-order valence-corrected chi connectivity index (χ0v) is 10.8. The maximum Gasteiger partial charge on any atom is 0.254 e. The first-order valence-electron chi connectivity index (χ1n) is 5.57. The summed E-state index contributed by atoms with van der Waals surface area (Å²) < 4.78 is 0. The lowest BCUT2D eigenvalue weighted by Crippen LogP contribution is -2.40. The smallest absolute Gasteiger partial charge is 0.254 e. The summed E-state index contributed by atoms with van der Waals surface area (Å²) in [6.45, 7) is 3.88. The normalized spacial score (nSPS) is 14.1. The van der Waals surface area contributed by atoms with Crippen molar-refractivity contribution >= 4 is 17.5 Å². The fourth-order valence-electron chi connectivity index (χ4n) is 1.55. The van der Waals surface area contributed by atoms with E-state index in [0.29, 0.717) is 12.0 Å². The van der Waals surface area contributed by atoms with Gasteiger partial charge in [0.2, 0.25) is 0 Å². The van der Waals surface area contributed by atoms with Crippen molar-refractivity contribution in [3.05, 3.63) is 29.0 Å². The molecule has 0 aliphatic heterocycles. The van der Waals surface area contributed by atoms with E-state index in [1.807, 2.05) is 6.92 Å². The van der Waals surface area contributed by atoms with Crippen LogP contribution in [0.5, 0.6) is 0 Å². The van der Waals surface area contributed by atoms with E-state index in [2.05, 4.69) is 10.3 Å². The summed E-state index contributed by atoms with van der Waals surface area (Å²) in [6, 6.07) is 3.24. The predicted molar refractivity (Wildman–Crippen MR) is 67.1 cm³/mol. The van der Waals surface area contributed by atoms with E-state index in [-0.39, 0.29) is 17.6 Å². The quantitative estimate of drug-likeness (QED) is 0.793. The molecule has 0 spiro atoms. The minimum Gasteiger partial charge on any atom is -0.388 e. The van der Waals surface area contributed by atoms with Gasteiger partial charge in [-0.25, -0.2) is 4.98 Å². The van der Waals surface area contributed by atoms with Crippen LogP contribution in [0, 0.1) is 0 Å². The maximum atomic E-state index is 11.8. The van der Waals surface area contributed by atoms with Crippen LogP contribution in [-0.2, 0) is 0 Å². The number of hydrogen-bond acceptors (Lipinski definition) is 3. The van der Waals surface area contributed by atoms with Crippen molar-refractivity contribution in [2.75, 3.05) is 6.54 Å². The van der Waals surface area contributed by atoms with E-state index in [9.17, 15) is 9.90 Å². The van der Waals surface area contributed by atoms with Gasteiger partial charge in [-0.2, -0.15) is 0 Å². The minimum absolute atomic E-state index is 0.167. The molecule has 0 radical (unpaired) electrons. The van der Waals surface area contributed by atoms with E-state index in [1.165, 1.54) is 6.20 Å². The van der Waals surface area contributed by atoms with Crippen LogP contribution >= 0.6 is 11.6 Å². The molecule has 1 amide bonds. The highest BCUT2D eigenvalue weighted by Gasteiger charge is 2.21. The van der Waals surface area contributed by atoms with E-state index < -0.39 is 5.60 Å². The van der Waals surface area contributed by atoms with Crippen molar-refractivity contribution in [2.45, 2.75) is 32.3 Å². The summed E-state index contributed by atoms with van der Waals surface area (Å²) >= 11 is 5.80. The van der Waals surface area contributed by atoms with Gasteiger partial charge in [0.25, 0.3) is 5.91 Å². The summed E-state index contributed by atoms with van der Waals surface area (Å²) in [4.78, 5) is 15.6. The first-order valence-corrected chi connectivity index (χ1v) is 5.95. The maximum absolute atomic E-state index is 11.8. The molecular weight excluding hydrogens is 240 g/mol. The van der Waals surface area contributed by atoms with Crippen LogP contribution < -0.4 is 5.32 Å². The van der Waals surface area contributed by atoms with Crippen molar-refractivity contribution in [2.24, 2.45) is 0 Å². The molecule has 94 valence electrons. The molecule has 1 unspecified atom stereocenters. The minimum atomic E-state index is -0.890. The molecular formula is C12H17ClN2O2. The van der Waals surface area contributed by atoms with Gasteiger partial charge in [-0.1, -0.05) is 24.9 Å². The molecule has 1 aromatic heterocycles. The number of carbonyl (C=O) groups is 1. The molecule has 0 bridgehead atoms. The van der Waals surface area contributed by atoms with Crippen molar-refractivity contribution in [1.29, 1.82) is 0 Å². The van der Waals surface area contributed by atoms with Gasteiger partial charge < -0.3 is 10.4 Å². The molecule has 1 aromatic rings. The molecule has 1 heterocycles. The van der Waals surface area contributed by atoms with Gasteiger partial charge in [0.05, 0.1) is 11.2 Å². The average molecular weight is 257 g/mol. The van der Waals surface area contributed by atoms with Crippen LogP contribution in [0.3, 0.4) is 0 Å². The van der Waals surface area contributed by atoms with Gasteiger partial charge in [-0.3, -0.25) is 4.79 Å². The third kappa shape index (κ3) is 4.32. The summed E-state index contributed by atoms with van der Waals surface area (Å²) in [5.74, 6) is -0.320. The van der Waals surface area contributed by atoms with Gasteiger partial charge >= 0.3 is 0 Å². The van der Waals surface area contributed by atoms with Gasteiger partial charge in [0.1, 0.15) is 5.15 Å². The topological polar surface area (TPSA) is 62.2 Å². The predicted octanol–water partition coefficient (Wildman–Crippen LogP) is 2.02. The van der Waals surface area contributed by atoms with Crippen LogP contribution in [0.4, 0.5) is 0 Å². The first kappa shape index (κ1) is 13.9. The number of pyridine rings is 1. The third-order valence-electron chi connectivity index (χ3n) is 2.42. The monoisotopic (exact) mass is 256 g/mol. The summed E-state index contributed by atoms with van der Waals surface area (Å²) in [6.07, 6.45) is 3.01. The molecule has 0 fully saturated rings. The van der Waals surface area contributed by atoms with Crippen molar-refractivity contribution in [1.82, 2.24) is 10.3 Å². The SMILES string of the molecule is CCCC(C)(O)CNC(=O)c1cccnc1Cl. The Morgan fingerprint density at radius 2 is 2.35 bits per heavy atom. The number of nitrogens with zero attached hydrogens (tertiary/aromatic N) is 1. The molecule has 4 nitrogen and oxygen atoms in total. The van der Waals surface area contributed by atoms with Crippen LogP contribution in [0.15, 0.2) is 18.3 Å². The molecule has 1 atom stereocenters. The number of halogens is 1. The molecule has 0 saturated heterocycles. The van der Waals surface area contributed by atoms with Gasteiger partial charge in [0.15, 0.2) is 0 Å². The number of nitrogens with one attached hydrogen (secondary N) is 1. The molecule has 0 aromatic carbocycles. The highest BCUT2D eigenvalue weighted by Crippen LogP contribution is 2.13. The lowest BCUT2D eigenvalue weighted by atomic mass is 10.0. The first-order chi connectivity index (χ1) is 7.96. The average Bonchev–Trinajstić information content (AvgIpc) is 2.27. The molecule has 0 aliphatic carbocycles. The Morgan fingerprint density at radius 3 is 2.94 bits per heavy atom. The third-order valence-corrected chi connectivity index (χ3v) is 2.72. The number of carbonyl (C=O) groups excluding carboxylic acids is 1. The van der Waals surface area contributed by atoms with Crippen LogP contribution in [0.25, 0.3) is 0 Å². The van der Waals surface area contributed by atoms with Crippen LogP contribution in [-0.4, -0.2) is 28.1 Å². The Morgan fingerprint density at radius 1 is 1.65 bits per heavy atom. The highest BCUT2D eigenvalue weighted by atomic mass is 35.5. The number of amides is 1. The van der Waals surface area contributed by atoms with Gasteiger partial charge in [0, 0.05) is 12.7 Å². The van der Waals surface area contributed by atoms with E-state index in [0.717, 1.165) is 6.42 Å². The van der Waals surface area contributed by atoms with E-state index in [4.69, 9.17) is 11.6 Å². The lowest BCUT2D eigenvalue weighted by Gasteiger charge is -2.22. The molecule has 17 heavy (non-hydrogen) atoms. The second-order valence-corrected chi connectivity index (χ2v) is 4.63. The largest absolute Gasteiger partial charge is 0.388 e. The van der Waals surface area contributed by atoms with E-state index >= 15 is 0 Å². The zero-order valence-electron chi connectivity index (χ0n) is 10.0. The second-order valence-electron chi connectivity index (χ2n) is 4.27. The summed E-state index contributed by atoms with van der Waals surface area (Å²) in [5, 5.41) is 12.7. The Bertz CT molecular complexity index is 394. The van der Waals surface area contributed by atoms with Crippen LogP contribution in [0.2, 0.25) is 5.15 Å². The molecule has 2 N–H and O–H groups in total. The fourth-order valence-corrected chi connectivity index (χ4v) is 1.75. The van der Waals surface area contributed by atoms with Gasteiger partial charge in [-0.05, 0) is 25.5 Å². The number of rotatable bonds is 5. The summed E-state index contributed by atoms with van der Waals surface area (Å²) in [7, 11) is 0.